The molecule has 2 fully saturated rings. The van der Waals surface area contributed by atoms with E-state index < -0.39 is 4.92 Å². The van der Waals surface area contributed by atoms with Crippen molar-refractivity contribution in [1.82, 2.24) is 9.97 Å². The first-order valence-corrected chi connectivity index (χ1v) is 6.84. The molecule has 0 aromatic carbocycles. The summed E-state index contributed by atoms with van der Waals surface area (Å²) in [5.74, 6) is 0.791. The van der Waals surface area contributed by atoms with Crippen LogP contribution in [0, 0.1) is 10.1 Å². The maximum Gasteiger partial charge on any atom is 0.329 e. The van der Waals surface area contributed by atoms with Crippen LogP contribution < -0.4 is 10.2 Å². The Bertz CT molecular complexity index is 512. The Balaban J connectivity index is 1.82. The molecule has 3 rings (SSSR count). The molecular formula is C12H17N5O3. The van der Waals surface area contributed by atoms with Crippen molar-refractivity contribution >= 4 is 17.5 Å². The first kappa shape index (κ1) is 13.0. The van der Waals surface area contributed by atoms with E-state index in [-0.39, 0.29) is 11.8 Å². The molecular weight excluding hydrogens is 262 g/mol. The molecule has 1 aromatic rings. The first-order chi connectivity index (χ1) is 9.63. The molecule has 2 aliphatic rings. The highest BCUT2D eigenvalue weighted by Gasteiger charge is 2.28. The fourth-order valence-electron chi connectivity index (χ4n) is 2.25. The number of aromatic nitrogens is 2. The van der Waals surface area contributed by atoms with Gasteiger partial charge in [0.25, 0.3) is 0 Å². The number of nitro groups is 1. The molecule has 0 amide bonds. The van der Waals surface area contributed by atoms with E-state index in [1.54, 1.807) is 0 Å². The molecule has 108 valence electrons. The number of piperidine rings is 1. The van der Waals surface area contributed by atoms with E-state index in [4.69, 9.17) is 0 Å². The topological polar surface area (TPSA) is 104 Å². The molecule has 1 aliphatic heterocycles. The summed E-state index contributed by atoms with van der Waals surface area (Å²) in [6.45, 7) is 1.34. The van der Waals surface area contributed by atoms with Gasteiger partial charge >= 0.3 is 5.69 Å². The van der Waals surface area contributed by atoms with Gasteiger partial charge in [-0.25, -0.2) is 4.98 Å². The molecule has 1 saturated carbocycles. The maximum absolute atomic E-state index is 11.0. The van der Waals surface area contributed by atoms with Crippen molar-refractivity contribution in [1.29, 1.82) is 0 Å². The van der Waals surface area contributed by atoms with E-state index in [2.05, 4.69) is 15.3 Å². The molecule has 2 N–H and O–H groups in total. The quantitative estimate of drug-likeness (QED) is 0.623. The van der Waals surface area contributed by atoms with Gasteiger partial charge < -0.3 is 15.3 Å². The van der Waals surface area contributed by atoms with Gasteiger partial charge in [-0.05, 0) is 25.7 Å². The smallest absolute Gasteiger partial charge is 0.329 e. The standard InChI is InChI=1S/C12H17N5O3/c18-9-3-5-16(6-4-9)12-13-7-10(17(19)20)11(15-12)14-8-1-2-8/h7-9,18H,1-6H2,(H,13,14,15). The van der Waals surface area contributed by atoms with Gasteiger partial charge in [-0.15, -0.1) is 0 Å². The molecule has 0 radical (unpaired) electrons. The lowest BCUT2D eigenvalue weighted by molar-refractivity contribution is -0.384. The van der Waals surface area contributed by atoms with Crippen LogP contribution in [0.25, 0.3) is 0 Å². The Kier molecular flexibility index (Phi) is 3.39. The minimum atomic E-state index is -0.464. The highest BCUT2D eigenvalue weighted by molar-refractivity contribution is 5.58. The van der Waals surface area contributed by atoms with Crippen LogP contribution in [-0.4, -0.2) is 45.2 Å². The number of aliphatic hydroxyl groups excluding tert-OH is 1. The van der Waals surface area contributed by atoms with Crippen molar-refractivity contribution in [3.8, 4) is 0 Å². The number of hydrogen-bond acceptors (Lipinski definition) is 7. The Labute approximate surface area is 116 Å². The summed E-state index contributed by atoms with van der Waals surface area (Å²) in [4.78, 5) is 20.9. The molecule has 0 spiro atoms. The van der Waals surface area contributed by atoms with Crippen molar-refractivity contribution in [2.24, 2.45) is 0 Å². The first-order valence-electron chi connectivity index (χ1n) is 6.84. The SMILES string of the molecule is O=[N+]([O-])c1cnc(N2CCC(O)CC2)nc1NC1CC1. The lowest BCUT2D eigenvalue weighted by Crippen LogP contribution is -2.37. The van der Waals surface area contributed by atoms with Crippen LogP contribution in [0.5, 0.6) is 0 Å². The molecule has 20 heavy (non-hydrogen) atoms. The Morgan fingerprint density at radius 1 is 1.35 bits per heavy atom. The molecule has 1 aliphatic carbocycles. The Hall–Kier alpha value is -1.96. The summed E-state index contributed by atoms with van der Waals surface area (Å²) >= 11 is 0. The van der Waals surface area contributed by atoms with Crippen molar-refractivity contribution in [3.63, 3.8) is 0 Å². The summed E-state index contributed by atoms with van der Waals surface area (Å²) in [7, 11) is 0. The van der Waals surface area contributed by atoms with Crippen LogP contribution in [-0.2, 0) is 0 Å². The van der Waals surface area contributed by atoms with E-state index in [0.29, 0.717) is 43.7 Å². The highest BCUT2D eigenvalue weighted by atomic mass is 16.6. The van der Waals surface area contributed by atoms with Gasteiger partial charge in [0, 0.05) is 19.1 Å². The van der Waals surface area contributed by atoms with Crippen LogP contribution in [0.4, 0.5) is 17.5 Å². The van der Waals surface area contributed by atoms with Crippen molar-refractivity contribution in [2.75, 3.05) is 23.3 Å². The minimum absolute atomic E-state index is 0.0855. The Morgan fingerprint density at radius 2 is 2.05 bits per heavy atom. The molecule has 8 nitrogen and oxygen atoms in total. The monoisotopic (exact) mass is 279 g/mol. The molecule has 2 heterocycles. The number of anilines is 2. The normalized spacial score (nSPS) is 19.9. The number of aliphatic hydroxyl groups is 1. The lowest BCUT2D eigenvalue weighted by Gasteiger charge is -2.29. The number of rotatable bonds is 4. The zero-order valence-corrected chi connectivity index (χ0v) is 11.0. The molecule has 1 aromatic heterocycles. The van der Waals surface area contributed by atoms with Gasteiger partial charge in [-0.3, -0.25) is 10.1 Å². The fraction of sp³-hybridized carbons (Fsp3) is 0.667. The van der Waals surface area contributed by atoms with E-state index in [9.17, 15) is 15.2 Å². The van der Waals surface area contributed by atoms with E-state index in [1.165, 1.54) is 6.20 Å². The van der Waals surface area contributed by atoms with Crippen molar-refractivity contribution < 1.29 is 10.0 Å². The molecule has 0 bridgehead atoms. The van der Waals surface area contributed by atoms with E-state index >= 15 is 0 Å². The minimum Gasteiger partial charge on any atom is -0.393 e. The van der Waals surface area contributed by atoms with Gasteiger partial charge in [-0.2, -0.15) is 4.98 Å². The summed E-state index contributed by atoms with van der Waals surface area (Å²) in [5.41, 5.74) is -0.0855. The zero-order valence-electron chi connectivity index (χ0n) is 11.0. The van der Waals surface area contributed by atoms with E-state index in [0.717, 1.165) is 12.8 Å². The summed E-state index contributed by atoms with van der Waals surface area (Å²) in [6.07, 6.45) is 4.38. The average Bonchev–Trinajstić information content (AvgIpc) is 3.23. The zero-order chi connectivity index (χ0) is 14.1. The predicted octanol–water partition coefficient (Wildman–Crippen LogP) is 0.920. The van der Waals surface area contributed by atoms with Crippen molar-refractivity contribution in [3.05, 3.63) is 16.3 Å². The Morgan fingerprint density at radius 3 is 2.65 bits per heavy atom. The number of hydrogen-bond donors (Lipinski definition) is 2. The summed E-state index contributed by atoms with van der Waals surface area (Å²) in [6, 6.07) is 0.291. The summed E-state index contributed by atoms with van der Waals surface area (Å²) < 4.78 is 0. The molecule has 8 heteroatoms. The van der Waals surface area contributed by atoms with Crippen LogP contribution in [0.1, 0.15) is 25.7 Å². The largest absolute Gasteiger partial charge is 0.393 e. The van der Waals surface area contributed by atoms with E-state index in [1.807, 2.05) is 4.90 Å². The van der Waals surface area contributed by atoms with Gasteiger partial charge in [0.15, 0.2) is 0 Å². The van der Waals surface area contributed by atoms with Gasteiger partial charge in [-0.1, -0.05) is 0 Å². The van der Waals surface area contributed by atoms with Crippen LogP contribution in [0.3, 0.4) is 0 Å². The van der Waals surface area contributed by atoms with Crippen LogP contribution >= 0.6 is 0 Å². The highest BCUT2D eigenvalue weighted by Crippen LogP contribution is 2.30. The number of nitrogens with zero attached hydrogens (tertiary/aromatic N) is 4. The van der Waals surface area contributed by atoms with Crippen LogP contribution in [0.15, 0.2) is 6.20 Å². The third-order valence-electron chi connectivity index (χ3n) is 3.62. The summed E-state index contributed by atoms with van der Waals surface area (Å²) in [5, 5.41) is 23.6. The third kappa shape index (κ3) is 2.79. The van der Waals surface area contributed by atoms with Gasteiger partial charge in [0.05, 0.1) is 11.0 Å². The second kappa shape index (κ2) is 5.20. The number of nitrogens with one attached hydrogen (secondary N) is 1. The predicted molar refractivity (Wildman–Crippen MR) is 72.8 cm³/mol. The van der Waals surface area contributed by atoms with Crippen LogP contribution in [0.2, 0.25) is 0 Å². The third-order valence-corrected chi connectivity index (χ3v) is 3.62. The molecule has 0 atom stereocenters. The molecule has 1 saturated heterocycles. The lowest BCUT2D eigenvalue weighted by atomic mass is 10.1. The maximum atomic E-state index is 11.0. The average molecular weight is 279 g/mol. The fourth-order valence-corrected chi connectivity index (χ4v) is 2.25. The molecule has 0 unspecified atom stereocenters. The van der Waals surface area contributed by atoms with Gasteiger partial charge in [0.2, 0.25) is 11.8 Å². The second-order valence-corrected chi connectivity index (χ2v) is 5.30. The van der Waals surface area contributed by atoms with Gasteiger partial charge in [0.1, 0.15) is 6.20 Å². The second-order valence-electron chi connectivity index (χ2n) is 5.30. The van der Waals surface area contributed by atoms with Crippen molar-refractivity contribution in [2.45, 2.75) is 37.8 Å².